The maximum atomic E-state index is 13.9. The fourth-order valence-corrected chi connectivity index (χ4v) is 7.27. The number of carbonyl (C=O) groups excluding carboxylic acids is 1. The highest BCUT2D eigenvalue weighted by molar-refractivity contribution is 8.09. The number of nitrogens with zero attached hydrogens (tertiary/aromatic N) is 3. The maximum absolute atomic E-state index is 13.9. The number of carbonyl (C=O) groups is 1. The molecule has 6 rings (SSSR count). The Bertz CT molecular complexity index is 1170. The zero-order valence-electron chi connectivity index (χ0n) is 18.6. The molecule has 5 heterocycles. The molecule has 1 spiro atoms. The van der Waals surface area contributed by atoms with Gasteiger partial charge in [0.05, 0.1) is 62.0 Å². The lowest BCUT2D eigenvalue weighted by Crippen LogP contribution is -2.65. The van der Waals surface area contributed by atoms with Crippen molar-refractivity contribution in [3.05, 3.63) is 58.4 Å². The van der Waals surface area contributed by atoms with Crippen molar-refractivity contribution in [2.45, 2.75) is 29.8 Å². The minimum atomic E-state index is -0.484. The Balaban J connectivity index is 1.34. The quantitative estimate of drug-likeness (QED) is 0.625. The van der Waals surface area contributed by atoms with Crippen molar-refractivity contribution in [1.82, 2.24) is 14.9 Å². The number of hydrogen-bond acceptors (Lipinski definition) is 8. The van der Waals surface area contributed by atoms with Crippen molar-refractivity contribution in [3.8, 4) is 0 Å². The summed E-state index contributed by atoms with van der Waals surface area (Å²) in [5.41, 5.74) is 2.17. The van der Waals surface area contributed by atoms with Crippen molar-refractivity contribution in [3.63, 3.8) is 0 Å². The van der Waals surface area contributed by atoms with Crippen LogP contribution in [0.3, 0.4) is 0 Å². The van der Waals surface area contributed by atoms with Gasteiger partial charge in [-0.3, -0.25) is 4.79 Å². The minimum Gasteiger partial charge on any atom is -0.394 e. The van der Waals surface area contributed by atoms with Crippen LogP contribution in [0.15, 0.2) is 42.1 Å². The van der Waals surface area contributed by atoms with Gasteiger partial charge in [0.15, 0.2) is 0 Å². The summed E-state index contributed by atoms with van der Waals surface area (Å²) in [5, 5.41) is 14.2. The number of likely N-dealkylation sites (tertiary alicyclic amines) is 1. The number of thioether (sulfide) groups is 1. The number of anilines is 1. The Kier molecular flexibility index (Phi) is 5.57. The van der Waals surface area contributed by atoms with E-state index in [1.165, 1.54) is 0 Å². The predicted octanol–water partition coefficient (Wildman–Crippen LogP) is 2.75. The van der Waals surface area contributed by atoms with Crippen LogP contribution in [-0.4, -0.2) is 75.7 Å². The second-order valence-electron chi connectivity index (χ2n) is 9.23. The molecule has 2 N–H and O–H groups in total. The SMILES string of the molecule is CC1=C(c2ccnc(NC3COC3)n2)SC2C1C(=O)N(C(CO)c1cccc(Cl)c1)C21COC1. The van der Waals surface area contributed by atoms with Crippen molar-refractivity contribution in [1.29, 1.82) is 0 Å². The topological polar surface area (TPSA) is 96.8 Å². The Hall–Kier alpha value is -2.17. The first-order chi connectivity index (χ1) is 16.5. The highest BCUT2D eigenvalue weighted by atomic mass is 35.5. The Morgan fingerprint density at radius 3 is 2.79 bits per heavy atom. The van der Waals surface area contributed by atoms with Crippen molar-refractivity contribution >= 4 is 40.1 Å². The molecule has 1 aromatic carbocycles. The second-order valence-corrected chi connectivity index (χ2v) is 10.8. The van der Waals surface area contributed by atoms with Crippen molar-refractivity contribution < 1.29 is 19.4 Å². The maximum Gasteiger partial charge on any atom is 0.232 e. The van der Waals surface area contributed by atoms with E-state index in [2.05, 4.69) is 10.3 Å². The van der Waals surface area contributed by atoms with E-state index in [9.17, 15) is 9.90 Å². The van der Waals surface area contributed by atoms with Crippen molar-refractivity contribution in [2.24, 2.45) is 5.92 Å². The zero-order valence-corrected chi connectivity index (χ0v) is 20.2. The fraction of sp³-hybridized carbons (Fsp3) is 0.458. The summed E-state index contributed by atoms with van der Waals surface area (Å²) in [4.78, 5) is 25.9. The first-order valence-corrected chi connectivity index (χ1v) is 12.6. The van der Waals surface area contributed by atoms with Crippen LogP contribution in [0, 0.1) is 5.92 Å². The van der Waals surface area contributed by atoms with Gasteiger partial charge in [0.2, 0.25) is 11.9 Å². The molecule has 3 saturated heterocycles. The zero-order chi connectivity index (χ0) is 23.4. The van der Waals surface area contributed by atoms with Gasteiger partial charge in [0, 0.05) is 16.1 Å². The van der Waals surface area contributed by atoms with Crippen LogP contribution in [0.4, 0.5) is 5.95 Å². The molecule has 4 aliphatic heterocycles. The van der Waals surface area contributed by atoms with Gasteiger partial charge >= 0.3 is 0 Å². The van der Waals surface area contributed by atoms with Gasteiger partial charge in [0.1, 0.15) is 5.54 Å². The number of ether oxygens (including phenoxy) is 2. The number of aromatic nitrogens is 2. The summed E-state index contributed by atoms with van der Waals surface area (Å²) in [6.07, 6.45) is 1.75. The van der Waals surface area contributed by atoms with E-state index in [4.69, 9.17) is 26.1 Å². The number of benzene rings is 1. The molecule has 0 bridgehead atoms. The van der Waals surface area contributed by atoms with Gasteiger partial charge in [-0.2, -0.15) is 0 Å². The summed E-state index contributed by atoms with van der Waals surface area (Å²) < 4.78 is 10.9. The van der Waals surface area contributed by atoms with E-state index in [-0.39, 0.29) is 29.7 Å². The molecule has 8 nitrogen and oxygen atoms in total. The summed E-state index contributed by atoms with van der Waals surface area (Å²) in [6.45, 7) is 4.04. The second kappa shape index (κ2) is 8.49. The number of nitrogens with one attached hydrogen (secondary N) is 1. The third-order valence-electron chi connectivity index (χ3n) is 7.17. The molecule has 0 saturated carbocycles. The smallest absolute Gasteiger partial charge is 0.232 e. The largest absolute Gasteiger partial charge is 0.394 e. The van der Waals surface area contributed by atoms with Gasteiger partial charge < -0.3 is 24.8 Å². The van der Waals surface area contributed by atoms with Gasteiger partial charge in [-0.05, 0) is 36.3 Å². The third kappa shape index (κ3) is 3.37. The van der Waals surface area contributed by atoms with Gasteiger partial charge in [-0.1, -0.05) is 23.7 Å². The van der Waals surface area contributed by atoms with E-state index in [1.807, 2.05) is 36.1 Å². The summed E-state index contributed by atoms with van der Waals surface area (Å²) >= 11 is 7.92. The number of amides is 1. The molecule has 10 heteroatoms. The Labute approximate surface area is 206 Å². The van der Waals surface area contributed by atoms with E-state index < -0.39 is 11.6 Å². The highest BCUT2D eigenvalue weighted by Crippen LogP contribution is 2.59. The van der Waals surface area contributed by atoms with Crippen LogP contribution >= 0.6 is 23.4 Å². The number of hydrogen-bond donors (Lipinski definition) is 2. The van der Waals surface area contributed by atoms with E-state index >= 15 is 0 Å². The van der Waals surface area contributed by atoms with Crippen LogP contribution in [0.2, 0.25) is 5.02 Å². The third-order valence-corrected chi connectivity index (χ3v) is 9.13. The van der Waals surface area contributed by atoms with Gasteiger partial charge in [-0.25, -0.2) is 9.97 Å². The predicted molar refractivity (Wildman–Crippen MR) is 129 cm³/mol. The van der Waals surface area contributed by atoms with Crippen LogP contribution in [0.25, 0.3) is 4.91 Å². The van der Waals surface area contributed by atoms with Gasteiger partial charge in [-0.15, -0.1) is 11.8 Å². The highest BCUT2D eigenvalue weighted by Gasteiger charge is 2.66. The average molecular weight is 501 g/mol. The normalized spacial score (nSPS) is 26.4. The summed E-state index contributed by atoms with van der Waals surface area (Å²) in [6, 6.07) is 9.02. The summed E-state index contributed by atoms with van der Waals surface area (Å²) in [5.74, 6) is 0.301. The Morgan fingerprint density at radius 1 is 1.32 bits per heavy atom. The monoisotopic (exact) mass is 500 g/mol. The van der Waals surface area contributed by atoms with E-state index in [0.29, 0.717) is 37.4 Å². The lowest BCUT2D eigenvalue weighted by atomic mass is 9.86. The number of fused-ring (bicyclic) bond motifs is 2. The molecule has 2 aromatic rings. The molecule has 1 aromatic heterocycles. The number of halogens is 1. The molecule has 34 heavy (non-hydrogen) atoms. The molecule has 0 aliphatic carbocycles. The number of rotatable bonds is 6. The Morgan fingerprint density at radius 2 is 2.15 bits per heavy atom. The molecular formula is C24H25ClN4O4S. The average Bonchev–Trinajstić information content (AvgIpc) is 3.24. The number of aliphatic hydroxyl groups is 1. The number of aliphatic hydroxyl groups excluding tert-OH is 1. The molecule has 4 aliphatic rings. The molecule has 0 radical (unpaired) electrons. The minimum absolute atomic E-state index is 0.0107. The lowest BCUT2D eigenvalue weighted by Gasteiger charge is -2.50. The standard InChI is InChI=1S/C24H25ClN4O4S/c1-13-19-21(34-20(13)17-5-6-26-23(28-17)27-16-9-32-10-16)24(11-33-12-24)29(22(19)31)18(8-30)14-3-2-4-15(25)7-14/h2-7,16,18-19,21,30H,8-12H2,1H3,(H,26,27,28). The first-order valence-electron chi connectivity index (χ1n) is 11.3. The molecule has 1 amide bonds. The summed E-state index contributed by atoms with van der Waals surface area (Å²) in [7, 11) is 0. The molecular weight excluding hydrogens is 476 g/mol. The molecule has 3 atom stereocenters. The lowest BCUT2D eigenvalue weighted by molar-refractivity contribution is -0.162. The molecule has 3 fully saturated rings. The van der Waals surface area contributed by atoms with Crippen LogP contribution in [0.5, 0.6) is 0 Å². The molecule has 178 valence electrons. The first kappa shape index (κ1) is 22.3. The van der Waals surface area contributed by atoms with Crippen molar-refractivity contribution in [2.75, 3.05) is 38.4 Å². The molecule has 3 unspecified atom stereocenters. The fourth-order valence-electron chi connectivity index (χ4n) is 5.34. The van der Waals surface area contributed by atoms with E-state index in [1.54, 1.807) is 24.0 Å². The van der Waals surface area contributed by atoms with Crippen LogP contribution in [-0.2, 0) is 14.3 Å². The van der Waals surface area contributed by atoms with E-state index in [0.717, 1.165) is 21.7 Å². The van der Waals surface area contributed by atoms with Crippen LogP contribution in [0.1, 0.15) is 24.2 Å². The van der Waals surface area contributed by atoms with Gasteiger partial charge in [0.25, 0.3) is 0 Å². The van der Waals surface area contributed by atoms with Crippen LogP contribution < -0.4 is 5.32 Å².